The highest BCUT2D eigenvalue weighted by atomic mass is 32.1. The molecule has 114 valence electrons. The molecule has 0 radical (unpaired) electrons. The van der Waals surface area contributed by atoms with E-state index < -0.39 is 5.60 Å². The first kappa shape index (κ1) is 14.8. The summed E-state index contributed by atoms with van der Waals surface area (Å²) in [6.07, 6.45) is 8.23. The van der Waals surface area contributed by atoms with E-state index in [1.807, 2.05) is 4.90 Å². The van der Waals surface area contributed by atoms with Crippen molar-refractivity contribution in [3.05, 3.63) is 28.5 Å². The van der Waals surface area contributed by atoms with Crippen LogP contribution in [0.3, 0.4) is 0 Å². The summed E-state index contributed by atoms with van der Waals surface area (Å²) in [6, 6.07) is 4.20. The van der Waals surface area contributed by atoms with E-state index in [4.69, 9.17) is 0 Å². The molecule has 1 saturated carbocycles. The van der Waals surface area contributed by atoms with Gasteiger partial charge in [-0.25, -0.2) is 0 Å². The number of thiophene rings is 1. The van der Waals surface area contributed by atoms with Gasteiger partial charge in [0.15, 0.2) is 0 Å². The molecule has 0 bridgehead atoms. The summed E-state index contributed by atoms with van der Waals surface area (Å²) in [5.41, 5.74) is 0.609. The van der Waals surface area contributed by atoms with Gasteiger partial charge < -0.3 is 10.0 Å². The zero-order valence-corrected chi connectivity index (χ0v) is 13.2. The molecule has 0 saturated heterocycles. The lowest BCUT2D eigenvalue weighted by Crippen LogP contribution is -2.42. The van der Waals surface area contributed by atoms with Crippen LogP contribution in [-0.2, 0) is 4.79 Å². The highest BCUT2D eigenvalue weighted by Crippen LogP contribution is 2.32. The first-order chi connectivity index (χ1) is 10.2. The number of carbonyl (C=O) groups is 1. The van der Waals surface area contributed by atoms with E-state index in [2.05, 4.69) is 23.6 Å². The second-order valence-electron chi connectivity index (χ2n) is 6.26. The summed E-state index contributed by atoms with van der Waals surface area (Å²) in [5.74, 6) is 0.112. The van der Waals surface area contributed by atoms with Crippen molar-refractivity contribution in [2.45, 2.75) is 50.5 Å². The molecular formula is C17H23NO2S. The minimum atomic E-state index is -0.743. The Morgan fingerprint density at radius 2 is 2.14 bits per heavy atom. The predicted molar refractivity (Wildman–Crippen MR) is 86.1 cm³/mol. The Hall–Kier alpha value is -1.13. The Kier molecular flexibility index (Phi) is 4.45. The van der Waals surface area contributed by atoms with E-state index in [0.29, 0.717) is 13.0 Å². The highest BCUT2D eigenvalue weighted by Gasteiger charge is 2.33. The van der Waals surface area contributed by atoms with Gasteiger partial charge >= 0.3 is 0 Å². The molecule has 0 spiro atoms. The Bertz CT molecular complexity index is 515. The Morgan fingerprint density at radius 1 is 1.33 bits per heavy atom. The molecule has 0 atom stereocenters. The molecule has 1 aromatic rings. The third-order valence-electron chi connectivity index (χ3n) is 4.66. The van der Waals surface area contributed by atoms with Crippen LogP contribution in [0.1, 0.15) is 49.8 Å². The van der Waals surface area contributed by atoms with Crippen molar-refractivity contribution in [3.8, 4) is 0 Å². The molecule has 1 aliphatic heterocycles. The molecule has 1 aromatic heterocycles. The number of hydrogen-bond acceptors (Lipinski definition) is 3. The fraction of sp³-hybridized carbons (Fsp3) is 0.588. The van der Waals surface area contributed by atoms with Gasteiger partial charge in [0.05, 0.1) is 12.0 Å². The maximum Gasteiger partial charge on any atom is 0.225 e. The summed E-state index contributed by atoms with van der Waals surface area (Å²) in [4.78, 5) is 15.6. The maximum atomic E-state index is 12.4. The van der Waals surface area contributed by atoms with Crippen LogP contribution in [0, 0.1) is 0 Å². The van der Waals surface area contributed by atoms with Gasteiger partial charge in [-0.15, -0.1) is 11.3 Å². The van der Waals surface area contributed by atoms with Crippen LogP contribution in [0.5, 0.6) is 0 Å². The van der Waals surface area contributed by atoms with Crippen molar-refractivity contribution < 1.29 is 9.90 Å². The van der Waals surface area contributed by atoms with Crippen molar-refractivity contribution in [1.29, 1.82) is 0 Å². The number of amides is 1. The fourth-order valence-corrected chi connectivity index (χ4v) is 4.16. The standard InChI is InChI=1S/C17H23NO2S/c19-16(13-17(20)8-2-1-3-9-17)18-10-6-14(7-11-18)15-5-4-12-21-15/h4-6,12,20H,1-3,7-11,13H2. The Morgan fingerprint density at radius 3 is 2.76 bits per heavy atom. The van der Waals surface area contributed by atoms with E-state index in [-0.39, 0.29) is 5.91 Å². The molecule has 2 heterocycles. The molecule has 0 aromatic carbocycles. The lowest BCUT2D eigenvalue weighted by atomic mass is 9.82. The number of rotatable bonds is 3. The highest BCUT2D eigenvalue weighted by molar-refractivity contribution is 7.11. The molecule has 1 amide bonds. The first-order valence-electron chi connectivity index (χ1n) is 7.89. The summed E-state index contributed by atoms with van der Waals surface area (Å²) in [7, 11) is 0. The number of nitrogens with zero attached hydrogens (tertiary/aromatic N) is 1. The molecule has 4 heteroatoms. The molecular weight excluding hydrogens is 282 g/mol. The van der Waals surface area contributed by atoms with Gasteiger partial charge in [0, 0.05) is 18.0 Å². The van der Waals surface area contributed by atoms with E-state index in [0.717, 1.165) is 38.6 Å². The molecule has 1 N–H and O–H groups in total. The van der Waals surface area contributed by atoms with Gasteiger partial charge in [0.2, 0.25) is 5.91 Å². The number of aliphatic hydroxyl groups is 1. The zero-order chi connectivity index (χ0) is 14.7. The van der Waals surface area contributed by atoms with E-state index in [9.17, 15) is 9.90 Å². The second kappa shape index (κ2) is 6.32. The van der Waals surface area contributed by atoms with E-state index >= 15 is 0 Å². The van der Waals surface area contributed by atoms with Crippen molar-refractivity contribution in [2.75, 3.05) is 13.1 Å². The van der Waals surface area contributed by atoms with Crippen LogP contribution in [0.2, 0.25) is 0 Å². The van der Waals surface area contributed by atoms with Crippen LogP contribution in [0.15, 0.2) is 23.6 Å². The van der Waals surface area contributed by atoms with Gasteiger partial charge in [0.25, 0.3) is 0 Å². The average molecular weight is 305 g/mol. The van der Waals surface area contributed by atoms with E-state index in [1.165, 1.54) is 16.9 Å². The van der Waals surface area contributed by atoms with Crippen LogP contribution in [-0.4, -0.2) is 34.6 Å². The third kappa shape index (κ3) is 3.55. The van der Waals surface area contributed by atoms with Gasteiger partial charge in [-0.1, -0.05) is 31.4 Å². The van der Waals surface area contributed by atoms with Crippen LogP contribution >= 0.6 is 11.3 Å². The lowest BCUT2D eigenvalue weighted by molar-refractivity contribution is -0.137. The molecule has 1 aliphatic carbocycles. The largest absolute Gasteiger partial charge is 0.389 e. The number of hydrogen-bond donors (Lipinski definition) is 1. The minimum absolute atomic E-state index is 0.112. The van der Waals surface area contributed by atoms with Crippen molar-refractivity contribution >= 4 is 22.8 Å². The van der Waals surface area contributed by atoms with Crippen molar-refractivity contribution in [2.24, 2.45) is 0 Å². The minimum Gasteiger partial charge on any atom is -0.389 e. The second-order valence-corrected chi connectivity index (χ2v) is 7.21. The molecule has 3 rings (SSSR count). The smallest absolute Gasteiger partial charge is 0.225 e. The fourth-order valence-electron chi connectivity index (χ4n) is 3.36. The van der Waals surface area contributed by atoms with Crippen molar-refractivity contribution in [1.82, 2.24) is 4.90 Å². The zero-order valence-electron chi connectivity index (χ0n) is 12.4. The van der Waals surface area contributed by atoms with Gasteiger partial charge in [-0.2, -0.15) is 0 Å². The van der Waals surface area contributed by atoms with Crippen LogP contribution < -0.4 is 0 Å². The van der Waals surface area contributed by atoms with Crippen LogP contribution in [0.4, 0.5) is 0 Å². The number of carbonyl (C=O) groups excluding carboxylic acids is 1. The maximum absolute atomic E-state index is 12.4. The average Bonchev–Trinajstić information content (AvgIpc) is 3.02. The van der Waals surface area contributed by atoms with E-state index in [1.54, 1.807) is 11.3 Å². The Balaban J connectivity index is 1.57. The molecule has 21 heavy (non-hydrogen) atoms. The summed E-state index contributed by atoms with van der Waals surface area (Å²) in [6.45, 7) is 1.46. The molecule has 3 nitrogen and oxygen atoms in total. The summed E-state index contributed by atoms with van der Waals surface area (Å²) >= 11 is 1.76. The quantitative estimate of drug-likeness (QED) is 0.929. The monoisotopic (exact) mass is 305 g/mol. The van der Waals surface area contributed by atoms with Crippen LogP contribution in [0.25, 0.3) is 5.57 Å². The predicted octanol–water partition coefficient (Wildman–Crippen LogP) is 3.45. The molecule has 2 aliphatic rings. The summed E-state index contributed by atoms with van der Waals surface area (Å²) < 4.78 is 0. The first-order valence-corrected chi connectivity index (χ1v) is 8.77. The lowest BCUT2D eigenvalue weighted by Gasteiger charge is -2.34. The summed E-state index contributed by atoms with van der Waals surface area (Å²) in [5, 5.41) is 12.6. The molecule has 0 unspecified atom stereocenters. The topological polar surface area (TPSA) is 40.5 Å². The third-order valence-corrected chi connectivity index (χ3v) is 5.61. The molecule has 1 fully saturated rings. The van der Waals surface area contributed by atoms with Gasteiger partial charge in [-0.3, -0.25) is 4.79 Å². The van der Waals surface area contributed by atoms with Gasteiger partial charge in [0.1, 0.15) is 0 Å². The normalized spacial score (nSPS) is 22.0. The van der Waals surface area contributed by atoms with Gasteiger partial charge in [-0.05, 0) is 36.3 Å². The Labute approximate surface area is 130 Å². The van der Waals surface area contributed by atoms with Crippen molar-refractivity contribution in [3.63, 3.8) is 0 Å². The SMILES string of the molecule is O=C(CC1(O)CCCCC1)N1CC=C(c2cccs2)CC1.